The van der Waals surface area contributed by atoms with E-state index >= 15 is 0 Å². The monoisotopic (exact) mass is 502 g/mol. The van der Waals surface area contributed by atoms with Crippen molar-refractivity contribution in [1.29, 1.82) is 0 Å². The van der Waals surface area contributed by atoms with E-state index in [1.54, 1.807) is 17.5 Å². The van der Waals surface area contributed by atoms with Crippen LogP contribution in [0.3, 0.4) is 0 Å². The van der Waals surface area contributed by atoms with Crippen molar-refractivity contribution in [1.82, 2.24) is 10.3 Å². The number of benzene rings is 1. The fraction of sp³-hybridized carbons (Fsp3) is 0.190. The molecule has 154 valence electrons. The van der Waals surface area contributed by atoms with Gasteiger partial charge in [-0.25, -0.2) is 0 Å². The zero-order valence-corrected chi connectivity index (χ0v) is 19.3. The first-order valence-corrected chi connectivity index (χ1v) is 11.3. The molecule has 0 saturated carbocycles. The summed E-state index contributed by atoms with van der Waals surface area (Å²) < 4.78 is 5.90. The van der Waals surface area contributed by atoms with Gasteiger partial charge in [0.15, 0.2) is 5.11 Å². The lowest BCUT2D eigenvalue weighted by Crippen LogP contribution is -2.29. The van der Waals surface area contributed by atoms with E-state index in [9.17, 15) is 4.79 Å². The molecule has 3 aromatic rings. The van der Waals surface area contributed by atoms with E-state index < -0.39 is 0 Å². The summed E-state index contributed by atoms with van der Waals surface area (Å²) in [6.45, 7) is 0.0168. The lowest BCUT2D eigenvalue weighted by Gasteiger charge is -2.27. The SMILES string of the molecule is COCC(=O)Nc1ccc(N2C(=S)N[C@H](c3ccccn3)[C@@H]2c2cc(Br)cs2)cc1. The normalized spacial score (nSPS) is 18.3. The number of thiophene rings is 1. The van der Waals surface area contributed by atoms with Gasteiger partial charge in [0.05, 0.1) is 17.8 Å². The minimum Gasteiger partial charge on any atom is -0.375 e. The highest BCUT2D eigenvalue weighted by Crippen LogP contribution is 2.44. The van der Waals surface area contributed by atoms with Gasteiger partial charge in [0.1, 0.15) is 6.61 Å². The molecule has 3 heterocycles. The van der Waals surface area contributed by atoms with E-state index in [0.717, 1.165) is 15.9 Å². The first-order chi connectivity index (χ1) is 14.6. The zero-order chi connectivity index (χ0) is 21.1. The fourth-order valence-electron chi connectivity index (χ4n) is 3.44. The highest BCUT2D eigenvalue weighted by atomic mass is 79.9. The highest BCUT2D eigenvalue weighted by molar-refractivity contribution is 9.10. The van der Waals surface area contributed by atoms with Crippen molar-refractivity contribution in [2.75, 3.05) is 23.9 Å². The number of halogens is 1. The van der Waals surface area contributed by atoms with Gasteiger partial charge in [0.25, 0.3) is 0 Å². The third kappa shape index (κ3) is 4.39. The Bertz CT molecular complexity index is 1040. The second-order valence-electron chi connectivity index (χ2n) is 6.69. The predicted octanol–water partition coefficient (Wildman–Crippen LogP) is 4.67. The lowest BCUT2D eigenvalue weighted by molar-refractivity contribution is -0.119. The summed E-state index contributed by atoms with van der Waals surface area (Å²) in [6, 6.07) is 15.5. The van der Waals surface area contributed by atoms with Crippen LogP contribution in [0.15, 0.2) is 64.6 Å². The number of hydrogen-bond donors (Lipinski definition) is 2. The summed E-state index contributed by atoms with van der Waals surface area (Å²) in [4.78, 5) is 19.6. The van der Waals surface area contributed by atoms with Crippen LogP contribution in [0.4, 0.5) is 11.4 Å². The summed E-state index contributed by atoms with van der Waals surface area (Å²) in [5, 5.41) is 8.95. The molecule has 2 atom stereocenters. The van der Waals surface area contributed by atoms with Crippen molar-refractivity contribution in [3.63, 3.8) is 0 Å². The van der Waals surface area contributed by atoms with Crippen molar-refractivity contribution in [3.05, 3.63) is 75.2 Å². The van der Waals surface area contributed by atoms with Gasteiger partial charge in [-0.1, -0.05) is 6.07 Å². The third-order valence-electron chi connectivity index (χ3n) is 4.68. The lowest BCUT2D eigenvalue weighted by atomic mass is 10.0. The first kappa shape index (κ1) is 20.9. The second-order valence-corrected chi connectivity index (χ2v) is 8.94. The molecule has 1 saturated heterocycles. The van der Waals surface area contributed by atoms with Crippen LogP contribution in [-0.2, 0) is 9.53 Å². The van der Waals surface area contributed by atoms with Crippen LogP contribution < -0.4 is 15.5 Å². The first-order valence-electron chi connectivity index (χ1n) is 9.20. The zero-order valence-electron chi connectivity index (χ0n) is 16.0. The fourth-order valence-corrected chi connectivity index (χ4v) is 5.36. The predicted molar refractivity (Wildman–Crippen MR) is 127 cm³/mol. The minimum absolute atomic E-state index is 0.0168. The summed E-state index contributed by atoms with van der Waals surface area (Å²) in [7, 11) is 1.49. The van der Waals surface area contributed by atoms with Crippen LogP contribution in [0, 0.1) is 0 Å². The van der Waals surface area contributed by atoms with E-state index in [0.29, 0.717) is 10.8 Å². The number of thiocarbonyl (C=S) groups is 1. The maximum absolute atomic E-state index is 11.8. The van der Waals surface area contributed by atoms with Crippen molar-refractivity contribution in [3.8, 4) is 0 Å². The van der Waals surface area contributed by atoms with Crippen LogP contribution in [0.5, 0.6) is 0 Å². The smallest absolute Gasteiger partial charge is 0.250 e. The summed E-state index contributed by atoms with van der Waals surface area (Å²) in [6.07, 6.45) is 1.79. The maximum atomic E-state index is 11.8. The Morgan fingerprint density at radius 1 is 1.33 bits per heavy atom. The number of carbonyl (C=O) groups is 1. The number of aromatic nitrogens is 1. The van der Waals surface area contributed by atoms with E-state index in [4.69, 9.17) is 17.0 Å². The maximum Gasteiger partial charge on any atom is 0.250 e. The molecule has 6 nitrogen and oxygen atoms in total. The van der Waals surface area contributed by atoms with Crippen LogP contribution in [0.25, 0.3) is 0 Å². The molecule has 1 aromatic carbocycles. The Balaban J connectivity index is 1.67. The van der Waals surface area contributed by atoms with Gasteiger partial charge in [-0.3, -0.25) is 9.78 Å². The molecule has 30 heavy (non-hydrogen) atoms. The number of hydrogen-bond acceptors (Lipinski definition) is 5. The number of carbonyl (C=O) groups excluding carboxylic acids is 1. The number of rotatable bonds is 6. The highest BCUT2D eigenvalue weighted by Gasteiger charge is 2.41. The molecular weight excluding hydrogens is 484 g/mol. The van der Waals surface area contributed by atoms with Gasteiger partial charge in [-0.2, -0.15) is 0 Å². The Morgan fingerprint density at radius 2 is 2.13 bits per heavy atom. The average Bonchev–Trinajstić information content (AvgIpc) is 3.32. The van der Waals surface area contributed by atoms with E-state index in [2.05, 4.69) is 47.9 Å². The van der Waals surface area contributed by atoms with Crippen molar-refractivity contribution in [2.24, 2.45) is 0 Å². The molecule has 0 unspecified atom stereocenters. The Kier molecular flexibility index (Phi) is 6.43. The van der Waals surface area contributed by atoms with E-state index in [1.807, 2.05) is 42.5 Å². The van der Waals surface area contributed by atoms with Gasteiger partial charge in [0, 0.05) is 39.4 Å². The number of nitrogens with one attached hydrogen (secondary N) is 2. The molecule has 9 heteroatoms. The molecular formula is C21H19BrN4O2S2. The topological polar surface area (TPSA) is 66.5 Å². The Morgan fingerprint density at radius 3 is 2.77 bits per heavy atom. The molecule has 4 rings (SSSR count). The average molecular weight is 503 g/mol. The minimum atomic E-state index is -0.194. The second kappa shape index (κ2) is 9.22. The van der Waals surface area contributed by atoms with E-state index in [1.165, 1.54) is 12.0 Å². The van der Waals surface area contributed by atoms with Crippen molar-refractivity contribution >= 4 is 61.9 Å². The molecule has 0 spiro atoms. The van der Waals surface area contributed by atoms with Crippen LogP contribution in [0.1, 0.15) is 22.7 Å². The third-order valence-corrected chi connectivity index (χ3v) is 6.76. The molecule has 2 aromatic heterocycles. The molecule has 0 bridgehead atoms. The van der Waals surface area contributed by atoms with Crippen molar-refractivity contribution in [2.45, 2.75) is 12.1 Å². The Hall–Kier alpha value is -2.33. The Labute approximate surface area is 192 Å². The number of pyridine rings is 1. The number of nitrogens with zero attached hydrogens (tertiary/aromatic N) is 2. The standard InChI is InChI=1S/C21H19BrN4O2S2/c1-28-11-18(27)24-14-5-7-15(8-6-14)26-20(17-10-13(22)12-30-17)19(25-21(26)29)16-4-2-3-9-23-16/h2-10,12,19-20H,11H2,1H3,(H,24,27)(H,25,29)/t19-,20+/m1/s1. The summed E-state index contributed by atoms with van der Waals surface area (Å²) in [5.41, 5.74) is 2.57. The van der Waals surface area contributed by atoms with Gasteiger partial charge < -0.3 is 20.3 Å². The number of methoxy groups -OCH3 is 1. The number of amides is 1. The largest absolute Gasteiger partial charge is 0.375 e. The van der Waals surface area contributed by atoms with Crippen LogP contribution in [0.2, 0.25) is 0 Å². The molecule has 1 fully saturated rings. The molecule has 1 amide bonds. The molecule has 2 N–H and O–H groups in total. The van der Waals surface area contributed by atoms with Gasteiger partial charge in [-0.15, -0.1) is 11.3 Å². The van der Waals surface area contributed by atoms with Crippen LogP contribution >= 0.6 is 39.5 Å². The van der Waals surface area contributed by atoms with E-state index in [-0.39, 0.29) is 24.6 Å². The molecule has 1 aliphatic heterocycles. The molecule has 0 aliphatic carbocycles. The quantitative estimate of drug-likeness (QED) is 0.477. The molecule has 1 aliphatic rings. The molecule has 0 radical (unpaired) electrons. The number of ether oxygens (including phenoxy) is 1. The van der Waals surface area contributed by atoms with Gasteiger partial charge >= 0.3 is 0 Å². The van der Waals surface area contributed by atoms with Crippen LogP contribution in [-0.4, -0.2) is 29.7 Å². The number of anilines is 2. The van der Waals surface area contributed by atoms with Gasteiger partial charge in [-0.05, 0) is 70.6 Å². The van der Waals surface area contributed by atoms with Crippen molar-refractivity contribution < 1.29 is 9.53 Å². The van der Waals surface area contributed by atoms with Gasteiger partial charge in [0.2, 0.25) is 5.91 Å². The summed E-state index contributed by atoms with van der Waals surface area (Å²) in [5.74, 6) is -0.194. The summed E-state index contributed by atoms with van der Waals surface area (Å²) >= 11 is 11.0.